The van der Waals surface area contributed by atoms with E-state index >= 15 is 0 Å². The molecule has 59 heavy (non-hydrogen) atoms. The Balaban J connectivity index is 0.000000312. The number of hydrogen-bond acceptors (Lipinski definition) is 8. The summed E-state index contributed by atoms with van der Waals surface area (Å²) in [5.41, 5.74) is 2.19. The van der Waals surface area contributed by atoms with Gasteiger partial charge >= 0.3 is 11.9 Å². The van der Waals surface area contributed by atoms with Crippen LogP contribution in [0.2, 0.25) is 0 Å². The van der Waals surface area contributed by atoms with Gasteiger partial charge < -0.3 is 24.7 Å². The summed E-state index contributed by atoms with van der Waals surface area (Å²) in [6.45, 7) is 9.03. The maximum Gasteiger partial charge on any atom is 0.316 e. The molecule has 0 aromatic heterocycles. The largest absolute Gasteiger partial charge is 0.465 e. The van der Waals surface area contributed by atoms with Crippen molar-refractivity contribution >= 4 is 45.2 Å². The van der Waals surface area contributed by atoms with Crippen LogP contribution in [0.25, 0.3) is 10.8 Å². The van der Waals surface area contributed by atoms with Crippen LogP contribution in [0.3, 0.4) is 0 Å². The second-order valence-electron chi connectivity index (χ2n) is 14.9. The summed E-state index contributed by atoms with van der Waals surface area (Å²) in [5, 5.41) is 1.74. The molecule has 5 aromatic carbocycles. The predicted molar refractivity (Wildman–Crippen MR) is 238 cm³/mol. The lowest BCUT2D eigenvalue weighted by Crippen LogP contribution is -2.47. The highest BCUT2D eigenvalue weighted by molar-refractivity contribution is 7.85. The Morgan fingerprint density at radius 1 is 0.814 bits per heavy atom. The van der Waals surface area contributed by atoms with Gasteiger partial charge in [0.15, 0.2) is 0 Å². The van der Waals surface area contributed by atoms with E-state index in [1.165, 1.54) is 17.7 Å². The minimum absolute atomic E-state index is 0. The van der Waals surface area contributed by atoms with Gasteiger partial charge in [0.25, 0.3) is 10.1 Å². The van der Waals surface area contributed by atoms with Gasteiger partial charge in [-0.25, -0.2) is 0 Å². The number of halogens is 1. The van der Waals surface area contributed by atoms with E-state index in [2.05, 4.69) is 62.1 Å². The van der Waals surface area contributed by atoms with Crippen molar-refractivity contribution in [1.29, 1.82) is 0 Å². The Morgan fingerprint density at radius 2 is 1.34 bits per heavy atom. The van der Waals surface area contributed by atoms with Gasteiger partial charge in [-0.1, -0.05) is 135 Å². The average molecular weight is 850 g/mol. The summed E-state index contributed by atoms with van der Waals surface area (Å²) < 4.78 is 42.0. The van der Waals surface area contributed by atoms with Gasteiger partial charge in [0.2, 0.25) is 0 Å². The van der Waals surface area contributed by atoms with Crippen LogP contribution in [0.15, 0.2) is 138 Å². The molecule has 5 aromatic rings. The van der Waals surface area contributed by atoms with Crippen molar-refractivity contribution in [2.24, 2.45) is 5.92 Å². The maximum atomic E-state index is 12.4. The van der Waals surface area contributed by atoms with Crippen molar-refractivity contribution in [3.8, 4) is 0 Å². The first-order chi connectivity index (χ1) is 27.2. The number of rotatable bonds is 12. The van der Waals surface area contributed by atoms with Crippen LogP contribution in [0.4, 0.5) is 0 Å². The molecule has 1 aliphatic rings. The molecule has 2 atom stereocenters. The molecule has 1 heterocycles. The molecule has 1 aliphatic heterocycles. The van der Waals surface area contributed by atoms with Gasteiger partial charge in [-0.05, 0) is 93.6 Å². The number of piperidine rings is 1. The molecule has 10 nitrogen and oxygen atoms in total. The molecule has 0 saturated carbocycles. The lowest BCUT2D eigenvalue weighted by molar-refractivity contribution is -0.168. The number of nitrogens with zero attached hydrogens (tertiary/aromatic N) is 2. The van der Waals surface area contributed by atoms with E-state index in [9.17, 15) is 18.0 Å². The predicted octanol–water partition coefficient (Wildman–Crippen LogP) is 8.17. The van der Waals surface area contributed by atoms with Gasteiger partial charge in [0, 0.05) is 25.3 Å². The average Bonchev–Trinajstić information content (AvgIpc) is 3.21. The minimum atomic E-state index is -4.09. The first-order valence-corrected chi connectivity index (χ1v) is 21.0. The fourth-order valence-electron chi connectivity index (χ4n) is 7.31. The van der Waals surface area contributed by atoms with Crippen LogP contribution < -0.4 is 0 Å². The van der Waals surface area contributed by atoms with Crippen molar-refractivity contribution in [1.82, 2.24) is 9.80 Å². The molecule has 0 aliphatic carbocycles. The van der Waals surface area contributed by atoms with Gasteiger partial charge in [0.1, 0.15) is 5.60 Å². The zero-order valence-corrected chi connectivity index (χ0v) is 36.7. The highest BCUT2D eigenvalue weighted by Gasteiger charge is 2.44. The van der Waals surface area contributed by atoms with Crippen LogP contribution in [-0.4, -0.2) is 87.6 Å². The molecule has 0 radical (unpaired) electrons. The Bertz CT molecular complexity index is 2110. The third-order valence-corrected chi connectivity index (χ3v) is 11.3. The third-order valence-electron chi connectivity index (χ3n) is 10.4. The number of ether oxygens (including phenoxy) is 2. The molecular formula is C47H61ClN2O8S. The summed E-state index contributed by atoms with van der Waals surface area (Å²) >= 11 is 0. The quantitative estimate of drug-likeness (QED) is 0.0971. The zero-order chi connectivity index (χ0) is 41.5. The van der Waals surface area contributed by atoms with Gasteiger partial charge in [-0.3, -0.25) is 14.1 Å². The zero-order valence-electron chi connectivity index (χ0n) is 35.0. The molecule has 320 valence electrons. The molecule has 0 amide bonds. The summed E-state index contributed by atoms with van der Waals surface area (Å²) in [4.78, 5) is 29.1. The molecule has 3 N–H and O–H groups in total. The molecule has 6 rings (SSSR count). The van der Waals surface area contributed by atoms with Gasteiger partial charge in [-0.2, -0.15) is 8.42 Å². The van der Waals surface area contributed by atoms with Gasteiger partial charge in [0.05, 0.1) is 16.9 Å². The highest BCUT2D eigenvalue weighted by Crippen LogP contribution is 2.39. The van der Waals surface area contributed by atoms with E-state index in [0.29, 0.717) is 19.4 Å². The molecule has 1 fully saturated rings. The fraction of sp³-hybridized carbons (Fsp3) is 0.362. The molecule has 0 bridgehead atoms. The van der Waals surface area contributed by atoms with E-state index in [1.807, 2.05) is 98.8 Å². The molecule has 12 heteroatoms. The SMILES string of the molecule is CCC(=O)O[C@](Cc1ccccc1)(c1ccccc1)[C@H](C)CN(C)C.CCOC(=O)C1(c2ccccc2)CCN(C)CC1.Cl.O.O=S(=O)(O)c1ccc2ccccc2c1. The van der Waals surface area contributed by atoms with Crippen LogP contribution in [0.5, 0.6) is 0 Å². The highest BCUT2D eigenvalue weighted by atomic mass is 35.5. The fourth-order valence-corrected chi connectivity index (χ4v) is 7.83. The van der Waals surface area contributed by atoms with Crippen LogP contribution in [0.1, 0.15) is 56.7 Å². The van der Waals surface area contributed by atoms with E-state index in [-0.39, 0.29) is 40.6 Å². The number of benzene rings is 5. The summed E-state index contributed by atoms with van der Waals surface area (Å²) in [7, 11) is 2.11. The van der Waals surface area contributed by atoms with Crippen molar-refractivity contribution in [2.75, 3.05) is 47.4 Å². The van der Waals surface area contributed by atoms with E-state index in [1.54, 1.807) is 12.1 Å². The Kier molecular flexibility index (Phi) is 20.4. The summed E-state index contributed by atoms with van der Waals surface area (Å²) in [6.07, 6.45) is 2.72. The van der Waals surface area contributed by atoms with Crippen LogP contribution in [0, 0.1) is 5.92 Å². The number of carbonyl (C=O) groups is 2. The lowest BCUT2D eigenvalue weighted by Gasteiger charge is -2.40. The lowest BCUT2D eigenvalue weighted by atomic mass is 9.73. The number of fused-ring (bicyclic) bond motifs is 1. The second-order valence-corrected chi connectivity index (χ2v) is 16.3. The van der Waals surface area contributed by atoms with Crippen molar-refractivity contribution in [3.05, 3.63) is 150 Å². The Labute approximate surface area is 357 Å². The van der Waals surface area contributed by atoms with Gasteiger partial charge in [-0.15, -0.1) is 12.4 Å². The van der Waals surface area contributed by atoms with Crippen LogP contribution >= 0.6 is 12.4 Å². The van der Waals surface area contributed by atoms with E-state index in [0.717, 1.165) is 54.4 Å². The Hall–Kier alpha value is -4.62. The molecule has 0 unspecified atom stereocenters. The van der Waals surface area contributed by atoms with Crippen molar-refractivity contribution in [3.63, 3.8) is 0 Å². The number of carbonyl (C=O) groups excluding carboxylic acids is 2. The van der Waals surface area contributed by atoms with Crippen LogP contribution in [-0.2, 0) is 46.6 Å². The molecule has 0 spiro atoms. The monoisotopic (exact) mass is 848 g/mol. The number of hydrogen-bond donors (Lipinski definition) is 1. The third kappa shape index (κ3) is 14.0. The first kappa shape index (κ1) is 50.5. The van der Waals surface area contributed by atoms with E-state index < -0.39 is 21.1 Å². The number of esters is 2. The Morgan fingerprint density at radius 3 is 1.86 bits per heavy atom. The normalized spacial score (nSPS) is 15.0. The van der Waals surface area contributed by atoms with E-state index in [4.69, 9.17) is 14.0 Å². The molecular weight excluding hydrogens is 788 g/mol. The number of likely N-dealkylation sites (tertiary alicyclic amines) is 1. The van der Waals surface area contributed by atoms with Crippen molar-refractivity contribution in [2.45, 2.75) is 62.4 Å². The van der Waals surface area contributed by atoms with Crippen molar-refractivity contribution < 1.29 is 37.5 Å². The minimum Gasteiger partial charge on any atom is -0.465 e. The second kappa shape index (κ2) is 23.8. The topological polar surface area (TPSA) is 145 Å². The molecule has 1 saturated heterocycles. The smallest absolute Gasteiger partial charge is 0.316 e. The summed E-state index contributed by atoms with van der Waals surface area (Å²) in [5.74, 6) is -0.0877. The first-order valence-electron chi connectivity index (χ1n) is 19.6. The maximum absolute atomic E-state index is 12.4. The standard InChI is InChI=1S/C22H29NO2.C15H21NO2.C10H8O3S.ClH.H2O/c1-5-21(24)25-22(18(2)17-23(3)4,20-14-10-7-11-15-20)16-19-12-8-6-9-13-19;1-3-18-14(17)15(9-11-16(2)12-10-15)13-7-5-4-6-8-13;11-14(12,13)10-6-5-8-3-1-2-4-9(8)7-10;;/h6-15,18H,5,16-17H2,1-4H3;4-8H,3,9-12H2,1-2H3;1-7H,(H,11,12,13);1H;1H2/t18-,22+;;;;/m1..../s1. The summed E-state index contributed by atoms with van der Waals surface area (Å²) in [6, 6.07) is 42.3.